The molecule has 0 saturated carbocycles. The summed E-state index contributed by atoms with van der Waals surface area (Å²) < 4.78 is 11.3. The summed E-state index contributed by atoms with van der Waals surface area (Å²) in [5, 5.41) is 5.99. The number of nitrogens with one attached hydrogen (secondary N) is 2. The Kier molecular flexibility index (Phi) is 5.97. The largest absolute Gasteiger partial charge is 0.457 e. The van der Waals surface area contributed by atoms with Crippen molar-refractivity contribution in [3.05, 3.63) is 72.7 Å². The third-order valence-electron chi connectivity index (χ3n) is 4.50. The van der Waals surface area contributed by atoms with Crippen molar-refractivity contribution in [2.75, 3.05) is 18.5 Å². The molecule has 1 aliphatic rings. The molecule has 0 spiro atoms. The first kappa shape index (κ1) is 18.9. The van der Waals surface area contributed by atoms with Gasteiger partial charge in [0.15, 0.2) is 0 Å². The van der Waals surface area contributed by atoms with Crippen molar-refractivity contribution in [2.24, 2.45) is 0 Å². The van der Waals surface area contributed by atoms with Crippen molar-refractivity contribution < 1.29 is 14.3 Å². The molecule has 1 aliphatic heterocycles. The van der Waals surface area contributed by atoms with Crippen LogP contribution in [0.1, 0.15) is 23.3 Å². The summed E-state index contributed by atoms with van der Waals surface area (Å²) in [6, 6.07) is 17.1. The molecule has 3 aromatic rings. The Bertz CT molecular complexity index is 925. The number of ether oxygens (including phenoxy) is 2. The molecule has 1 aromatic heterocycles. The number of aromatic nitrogens is 2. The fourth-order valence-corrected chi connectivity index (χ4v) is 2.99. The molecule has 148 valence electrons. The number of hydrogen-bond donors (Lipinski definition) is 2. The maximum atomic E-state index is 12.2. The molecule has 1 amide bonds. The summed E-state index contributed by atoms with van der Waals surface area (Å²) in [4.78, 5) is 20.6. The van der Waals surface area contributed by atoms with Crippen LogP contribution in [0.3, 0.4) is 0 Å². The quantitative estimate of drug-likeness (QED) is 0.636. The third kappa shape index (κ3) is 5.30. The van der Waals surface area contributed by atoms with E-state index in [9.17, 15) is 4.79 Å². The van der Waals surface area contributed by atoms with Gasteiger partial charge in [-0.3, -0.25) is 4.79 Å². The van der Waals surface area contributed by atoms with Crippen LogP contribution >= 0.6 is 0 Å². The zero-order valence-corrected chi connectivity index (χ0v) is 15.9. The molecule has 2 aromatic carbocycles. The van der Waals surface area contributed by atoms with E-state index in [4.69, 9.17) is 9.47 Å². The van der Waals surface area contributed by atoms with Gasteiger partial charge in [0.25, 0.3) is 5.91 Å². The highest BCUT2D eigenvalue weighted by atomic mass is 16.5. The molecule has 1 fully saturated rings. The van der Waals surface area contributed by atoms with Gasteiger partial charge in [0.05, 0.1) is 18.5 Å². The number of hydrogen-bond acceptors (Lipinski definition) is 6. The lowest BCUT2D eigenvalue weighted by atomic mass is 10.2. The standard InChI is InChI=1S/C22H22N4O3/c27-22(25-13-19-7-4-12-28-19)20-14-24-21(15-23-20)26-16-8-10-18(11-9-16)29-17-5-2-1-3-6-17/h1-3,5-6,8-11,14-15,19H,4,7,12-13H2,(H,24,26)(H,25,27). The third-order valence-corrected chi connectivity index (χ3v) is 4.50. The van der Waals surface area contributed by atoms with Crippen molar-refractivity contribution in [1.82, 2.24) is 15.3 Å². The molecule has 1 saturated heterocycles. The minimum Gasteiger partial charge on any atom is -0.457 e. The van der Waals surface area contributed by atoms with E-state index in [1.54, 1.807) is 0 Å². The number of anilines is 2. The predicted molar refractivity (Wildman–Crippen MR) is 110 cm³/mol. The SMILES string of the molecule is O=C(NCC1CCCO1)c1cnc(Nc2ccc(Oc3ccccc3)cc2)cn1. The van der Waals surface area contributed by atoms with Gasteiger partial charge in [-0.15, -0.1) is 0 Å². The average molecular weight is 390 g/mol. The predicted octanol–water partition coefficient (Wildman–Crippen LogP) is 3.92. The molecule has 4 rings (SSSR count). The number of carbonyl (C=O) groups excluding carboxylic acids is 1. The zero-order valence-electron chi connectivity index (χ0n) is 15.9. The molecule has 2 N–H and O–H groups in total. The van der Waals surface area contributed by atoms with Gasteiger partial charge in [-0.1, -0.05) is 18.2 Å². The fraction of sp³-hybridized carbons (Fsp3) is 0.227. The topological polar surface area (TPSA) is 85.4 Å². The normalized spacial score (nSPS) is 15.7. The Morgan fingerprint density at radius 3 is 2.52 bits per heavy atom. The summed E-state index contributed by atoms with van der Waals surface area (Å²) in [5.41, 5.74) is 1.12. The van der Waals surface area contributed by atoms with Crippen LogP contribution in [0, 0.1) is 0 Å². The van der Waals surface area contributed by atoms with Crippen molar-refractivity contribution in [2.45, 2.75) is 18.9 Å². The maximum Gasteiger partial charge on any atom is 0.271 e. The lowest BCUT2D eigenvalue weighted by Gasteiger charge is -2.11. The highest BCUT2D eigenvalue weighted by Gasteiger charge is 2.17. The number of benzene rings is 2. The molecule has 0 radical (unpaired) electrons. The minimum atomic E-state index is -0.248. The molecule has 7 nitrogen and oxygen atoms in total. The second kappa shape index (κ2) is 9.16. The van der Waals surface area contributed by atoms with Gasteiger partial charge in [0.2, 0.25) is 0 Å². The first-order valence-electron chi connectivity index (χ1n) is 9.58. The number of carbonyl (C=O) groups is 1. The summed E-state index contributed by atoms with van der Waals surface area (Å²) in [6.45, 7) is 1.26. The number of para-hydroxylation sites is 1. The van der Waals surface area contributed by atoms with Crippen LogP contribution in [0.15, 0.2) is 67.0 Å². The molecular weight excluding hydrogens is 368 g/mol. The van der Waals surface area contributed by atoms with E-state index >= 15 is 0 Å². The summed E-state index contributed by atoms with van der Waals surface area (Å²) in [5.74, 6) is 1.83. The Morgan fingerprint density at radius 2 is 1.83 bits per heavy atom. The van der Waals surface area contributed by atoms with Crippen LogP contribution in [-0.2, 0) is 4.74 Å². The van der Waals surface area contributed by atoms with Crippen molar-refractivity contribution in [1.29, 1.82) is 0 Å². The van der Waals surface area contributed by atoms with Crippen LogP contribution in [0.25, 0.3) is 0 Å². The van der Waals surface area contributed by atoms with E-state index in [-0.39, 0.29) is 17.7 Å². The van der Waals surface area contributed by atoms with Crippen LogP contribution < -0.4 is 15.4 Å². The Hall–Kier alpha value is -3.45. The second-order valence-electron chi connectivity index (χ2n) is 6.70. The summed E-state index contributed by atoms with van der Waals surface area (Å²) in [6.07, 6.45) is 5.11. The highest BCUT2D eigenvalue weighted by Crippen LogP contribution is 2.23. The number of amides is 1. The molecule has 1 unspecified atom stereocenters. The molecule has 1 atom stereocenters. The van der Waals surface area contributed by atoms with Gasteiger partial charge in [0.1, 0.15) is 23.0 Å². The van der Waals surface area contributed by atoms with Crippen LogP contribution in [0.4, 0.5) is 11.5 Å². The van der Waals surface area contributed by atoms with Crippen LogP contribution in [-0.4, -0.2) is 35.1 Å². The van der Waals surface area contributed by atoms with Gasteiger partial charge < -0.3 is 20.1 Å². The molecule has 0 bridgehead atoms. The molecule has 2 heterocycles. The fourth-order valence-electron chi connectivity index (χ4n) is 2.99. The minimum absolute atomic E-state index is 0.0988. The van der Waals surface area contributed by atoms with E-state index in [0.29, 0.717) is 12.4 Å². The molecular formula is C22H22N4O3. The Morgan fingerprint density at radius 1 is 1.03 bits per heavy atom. The Labute approximate surface area is 169 Å². The van der Waals surface area contributed by atoms with E-state index in [1.807, 2.05) is 54.6 Å². The maximum absolute atomic E-state index is 12.2. The second-order valence-corrected chi connectivity index (χ2v) is 6.70. The van der Waals surface area contributed by atoms with Crippen molar-refractivity contribution in [3.8, 4) is 11.5 Å². The van der Waals surface area contributed by atoms with Gasteiger partial charge in [0, 0.05) is 18.8 Å². The zero-order chi connectivity index (χ0) is 19.9. The van der Waals surface area contributed by atoms with Gasteiger partial charge in [-0.2, -0.15) is 0 Å². The van der Waals surface area contributed by atoms with E-state index < -0.39 is 0 Å². The highest BCUT2D eigenvalue weighted by molar-refractivity contribution is 5.92. The van der Waals surface area contributed by atoms with Gasteiger partial charge >= 0.3 is 0 Å². The average Bonchev–Trinajstić information content (AvgIpc) is 3.28. The summed E-state index contributed by atoms with van der Waals surface area (Å²) >= 11 is 0. The monoisotopic (exact) mass is 390 g/mol. The van der Waals surface area contributed by atoms with E-state index in [2.05, 4.69) is 20.6 Å². The summed E-state index contributed by atoms with van der Waals surface area (Å²) in [7, 11) is 0. The van der Waals surface area contributed by atoms with Gasteiger partial charge in [-0.25, -0.2) is 9.97 Å². The Balaban J connectivity index is 1.30. The first-order valence-corrected chi connectivity index (χ1v) is 9.58. The van der Waals surface area contributed by atoms with Crippen LogP contribution in [0.2, 0.25) is 0 Å². The van der Waals surface area contributed by atoms with Gasteiger partial charge in [-0.05, 0) is 49.2 Å². The van der Waals surface area contributed by atoms with Crippen molar-refractivity contribution >= 4 is 17.4 Å². The number of nitrogens with zero attached hydrogens (tertiary/aromatic N) is 2. The first-order chi connectivity index (χ1) is 14.3. The molecule has 7 heteroatoms. The lowest BCUT2D eigenvalue weighted by Crippen LogP contribution is -2.32. The molecule has 29 heavy (non-hydrogen) atoms. The van der Waals surface area contributed by atoms with E-state index in [1.165, 1.54) is 12.4 Å². The van der Waals surface area contributed by atoms with Crippen LogP contribution in [0.5, 0.6) is 11.5 Å². The lowest BCUT2D eigenvalue weighted by molar-refractivity contribution is 0.0853. The van der Waals surface area contributed by atoms with Crippen molar-refractivity contribution in [3.63, 3.8) is 0 Å². The smallest absolute Gasteiger partial charge is 0.271 e. The van der Waals surface area contributed by atoms with E-state index in [0.717, 1.165) is 36.6 Å². The molecule has 0 aliphatic carbocycles. The number of rotatable bonds is 7.